The van der Waals surface area contributed by atoms with Crippen LogP contribution in [0.2, 0.25) is 0 Å². The van der Waals surface area contributed by atoms with Gasteiger partial charge in [-0.15, -0.1) is 0 Å². The lowest BCUT2D eigenvalue weighted by atomic mass is 10.2. The molecule has 0 bridgehead atoms. The van der Waals surface area contributed by atoms with E-state index >= 15 is 0 Å². The van der Waals surface area contributed by atoms with Gasteiger partial charge in [-0.05, 0) is 17.7 Å². The normalized spacial score (nSPS) is 8.71. The zero-order chi connectivity index (χ0) is 12.7. The fourth-order valence-corrected chi connectivity index (χ4v) is 1.11. The van der Waals surface area contributed by atoms with Crippen molar-refractivity contribution in [3.8, 4) is 11.8 Å². The van der Waals surface area contributed by atoms with Gasteiger partial charge in [-0.25, -0.2) is 0 Å². The van der Waals surface area contributed by atoms with Crippen LogP contribution in [0.1, 0.15) is 12.0 Å². The highest BCUT2D eigenvalue weighted by atomic mass is 16.6. The summed E-state index contributed by atoms with van der Waals surface area (Å²) in [6, 6.07) is 4.28. The molecule has 1 aromatic rings. The minimum atomic E-state index is -0.547. The number of rotatable bonds is 3. The van der Waals surface area contributed by atoms with Gasteiger partial charge in [0.15, 0.2) is 0 Å². The van der Waals surface area contributed by atoms with E-state index in [1.54, 1.807) is 0 Å². The topological polar surface area (TPSA) is 118 Å². The highest BCUT2D eigenvalue weighted by molar-refractivity contribution is 5.61. The summed E-state index contributed by atoms with van der Waals surface area (Å²) >= 11 is 0. The summed E-state index contributed by atoms with van der Waals surface area (Å²) in [6.07, 6.45) is 0.432. The highest BCUT2D eigenvalue weighted by Crippen LogP contribution is 2.21. The van der Waals surface area contributed by atoms with Crippen molar-refractivity contribution in [1.82, 2.24) is 0 Å². The van der Waals surface area contributed by atoms with E-state index in [0.717, 1.165) is 0 Å². The monoisotopic (exact) mass is 231 g/mol. The van der Waals surface area contributed by atoms with E-state index in [9.17, 15) is 10.1 Å². The molecular weight excluding hydrogens is 222 g/mol. The van der Waals surface area contributed by atoms with Crippen LogP contribution in [0.3, 0.4) is 0 Å². The largest absolute Gasteiger partial charge is 0.393 e. The van der Waals surface area contributed by atoms with Crippen LogP contribution in [-0.4, -0.2) is 11.5 Å². The second-order valence-corrected chi connectivity index (χ2v) is 3.04. The van der Waals surface area contributed by atoms with E-state index in [2.05, 4.69) is 21.9 Å². The average Bonchev–Trinajstić information content (AvgIpc) is 2.28. The number of nitro benzene ring substituents is 1. The van der Waals surface area contributed by atoms with Crippen molar-refractivity contribution in [2.75, 3.05) is 12.3 Å². The highest BCUT2D eigenvalue weighted by Gasteiger charge is 2.09. The molecule has 0 amide bonds. The van der Waals surface area contributed by atoms with Gasteiger partial charge in [-0.1, -0.05) is 17.0 Å². The Balaban J connectivity index is 2.77. The van der Waals surface area contributed by atoms with Crippen LogP contribution in [0, 0.1) is 22.0 Å². The molecule has 0 saturated carbocycles. The van der Waals surface area contributed by atoms with Gasteiger partial charge in [0.05, 0.1) is 4.92 Å². The molecule has 0 unspecified atom stereocenters. The molecule has 7 nitrogen and oxygen atoms in total. The van der Waals surface area contributed by atoms with Crippen LogP contribution < -0.4 is 5.73 Å². The molecule has 0 fully saturated rings. The smallest absolute Gasteiger partial charge is 0.292 e. The maximum atomic E-state index is 10.5. The number of nitro groups is 1. The lowest BCUT2D eigenvalue weighted by Crippen LogP contribution is -1.95. The molecule has 0 spiro atoms. The Morgan fingerprint density at radius 1 is 1.59 bits per heavy atom. The second kappa shape index (κ2) is 6.00. The fourth-order valence-electron chi connectivity index (χ4n) is 1.11. The standard InChI is InChI=1S/C10H9N5O2/c11-9-7-8(3-1-2-6-13-14-12)4-5-10(9)15(16)17/h4-5,7H,2,6,11H2. The summed E-state index contributed by atoms with van der Waals surface area (Å²) in [5.41, 5.74) is 14.1. The SMILES string of the molecule is [N-]=[N+]=NCCC#Cc1ccc([N+](=O)[O-])c(N)c1. The average molecular weight is 231 g/mol. The first kappa shape index (κ1) is 12.4. The van der Waals surface area contributed by atoms with E-state index in [-0.39, 0.29) is 11.4 Å². The van der Waals surface area contributed by atoms with Crippen molar-refractivity contribution in [3.05, 3.63) is 44.3 Å². The van der Waals surface area contributed by atoms with Crippen LogP contribution in [0.4, 0.5) is 11.4 Å². The first-order chi connectivity index (χ1) is 8.15. The zero-order valence-corrected chi connectivity index (χ0v) is 8.83. The number of azide groups is 1. The third kappa shape index (κ3) is 3.74. The maximum absolute atomic E-state index is 10.5. The van der Waals surface area contributed by atoms with Gasteiger partial charge < -0.3 is 5.73 Å². The van der Waals surface area contributed by atoms with E-state index < -0.39 is 4.92 Å². The lowest BCUT2D eigenvalue weighted by Gasteiger charge is -1.96. The quantitative estimate of drug-likeness (QED) is 0.125. The molecular formula is C10H9N5O2. The van der Waals surface area contributed by atoms with Crippen molar-refractivity contribution >= 4 is 11.4 Å². The van der Waals surface area contributed by atoms with Gasteiger partial charge in [0, 0.05) is 29.5 Å². The Labute approximate surface area is 97.0 Å². The molecule has 0 radical (unpaired) electrons. The molecule has 0 aromatic heterocycles. The molecule has 0 aliphatic heterocycles. The number of hydrogen-bond donors (Lipinski definition) is 1. The first-order valence-electron chi connectivity index (χ1n) is 4.69. The molecule has 86 valence electrons. The van der Waals surface area contributed by atoms with Crippen LogP contribution in [0.25, 0.3) is 10.4 Å². The van der Waals surface area contributed by atoms with Crippen LogP contribution in [-0.2, 0) is 0 Å². The minimum absolute atomic E-state index is 0.0804. The van der Waals surface area contributed by atoms with E-state index in [4.69, 9.17) is 11.3 Å². The second-order valence-electron chi connectivity index (χ2n) is 3.04. The Kier molecular flexibility index (Phi) is 4.36. The van der Waals surface area contributed by atoms with Crippen LogP contribution in [0.5, 0.6) is 0 Å². The Bertz CT molecular complexity index is 537. The summed E-state index contributed by atoms with van der Waals surface area (Å²) < 4.78 is 0. The Morgan fingerprint density at radius 3 is 2.94 bits per heavy atom. The van der Waals surface area contributed by atoms with Gasteiger partial charge >= 0.3 is 0 Å². The molecule has 0 aliphatic carbocycles. The van der Waals surface area contributed by atoms with Gasteiger partial charge in [0.1, 0.15) is 5.69 Å². The third-order valence-corrected chi connectivity index (χ3v) is 1.86. The molecule has 0 atom stereocenters. The number of anilines is 1. The van der Waals surface area contributed by atoms with Gasteiger partial charge in [0.2, 0.25) is 0 Å². The van der Waals surface area contributed by atoms with Crippen LogP contribution >= 0.6 is 0 Å². The molecule has 0 saturated heterocycles. The predicted octanol–water partition coefficient (Wildman–Crippen LogP) is 2.23. The van der Waals surface area contributed by atoms with Crippen LogP contribution in [0.15, 0.2) is 23.3 Å². The minimum Gasteiger partial charge on any atom is -0.393 e. The zero-order valence-electron chi connectivity index (χ0n) is 8.83. The molecule has 17 heavy (non-hydrogen) atoms. The van der Waals surface area contributed by atoms with Crippen molar-refractivity contribution < 1.29 is 4.92 Å². The summed E-state index contributed by atoms with van der Waals surface area (Å²) in [5, 5.41) is 13.8. The molecule has 7 heteroatoms. The number of nitrogens with zero attached hydrogens (tertiary/aromatic N) is 4. The Morgan fingerprint density at radius 2 is 2.35 bits per heavy atom. The number of benzene rings is 1. The fraction of sp³-hybridized carbons (Fsp3) is 0.200. The first-order valence-corrected chi connectivity index (χ1v) is 4.69. The number of hydrogen-bond acceptors (Lipinski definition) is 4. The lowest BCUT2D eigenvalue weighted by molar-refractivity contribution is -0.383. The maximum Gasteiger partial charge on any atom is 0.292 e. The van der Waals surface area contributed by atoms with Crippen molar-refractivity contribution in [2.45, 2.75) is 6.42 Å². The summed E-state index contributed by atoms with van der Waals surface area (Å²) in [6.45, 7) is 0.298. The van der Waals surface area contributed by atoms with Gasteiger partial charge in [-0.3, -0.25) is 10.1 Å². The molecule has 1 rings (SSSR count). The van der Waals surface area contributed by atoms with Crippen molar-refractivity contribution in [2.24, 2.45) is 5.11 Å². The summed E-state index contributed by atoms with van der Waals surface area (Å²) in [5.74, 6) is 5.55. The summed E-state index contributed by atoms with van der Waals surface area (Å²) in [7, 11) is 0. The molecule has 0 heterocycles. The van der Waals surface area contributed by atoms with E-state index in [1.165, 1.54) is 18.2 Å². The summed E-state index contributed by atoms with van der Waals surface area (Å²) in [4.78, 5) is 12.5. The van der Waals surface area contributed by atoms with Gasteiger partial charge in [0.25, 0.3) is 5.69 Å². The molecule has 2 N–H and O–H groups in total. The number of nitrogens with two attached hydrogens (primary N) is 1. The third-order valence-electron chi connectivity index (χ3n) is 1.86. The van der Waals surface area contributed by atoms with Crippen molar-refractivity contribution in [1.29, 1.82) is 0 Å². The van der Waals surface area contributed by atoms with Crippen molar-refractivity contribution in [3.63, 3.8) is 0 Å². The molecule has 0 aliphatic rings. The van der Waals surface area contributed by atoms with Gasteiger partial charge in [-0.2, -0.15) is 0 Å². The van der Waals surface area contributed by atoms with E-state index in [0.29, 0.717) is 18.5 Å². The Hall–Kier alpha value is -2.71. The number of nitrogen functional groups attached to an aromatic ring is 1. The predicted molar refractivity (Wildman–Crippen MR) is 63.0 cm³/mol. The van der Waals surface area contributed by atoms with E-state index in [1.807, 2.05) is 0 Å². The molecule has 1 aromatic carbocycles.